The molecule has 1 aliphatic carbocycles. The maximum atomic E-state index is 15.2. The van der Waals surface area contributed by atoms with Crippen molar-refractivity contribution in [3.63, 3.8) is 0 Å². The van der Waals surface area contributed by atoms with Crippen LogP contribution in [0.5, 0.6) is 0 Å². The maximum absolute atomic E-state index is 15.2. The van der Waals surface area contributed by atoms with Gasteiger partial charge in [0.2, 0.25) is 0 Å². The second-order valence-corrected chi connectivity index (χ2v) is 8.93. The van der Waals surface area contributed by atoms with Gasteiger partial charge in [-0.3, -0.25) is 14.3 Å². The monoisotopic (exact) mass is 487 g/mol. The van der Waals surface area contributed by atoms with Crippen molar-refractivity contribution in [1.29, 1.82) is 5.26 Å². The standard InChI is InChI=1S/C23H17ClF3N5O2/c24-17-7-13(1-4-18(17)26)19-20(30-11-23(27,12-30)14-2-3-14)31(6-5-28)22(34)32(21(19)33)16-8-15(25)9-29-10-16/h1,4,7-10,14H,2-3,6,11-12H2. The topological polar surface area (TPSA) is 83.9 Å². The Morgan fingerprint density at radius 1 is 1.18 bits per heavy atom. The molecule has 0 amide bonds. The molecule has 0 unspecified atom stereocenters. The maximum Gasteiger partial charge on any atom is 0.338 e. The molecule has 1 aromatic carbocycles. The van der Waals surface area contributed by atoms with Gasteiger partial charge in [-0.25, -0.2) is 22.5 Å². The van der Waals surface area contributed by atoms with Crippen molar-refractivity contribution in [2.45, 2.75) is 25.1 Å². The Kier molecular flexibility index (Phi) is 5.24. The Morgan fingerprint density at radius 3 is 2.53 bits per heavy atom. The minimum absolute atomic E-state index is 0.0359. The predicted octanol–water partition coefficient (Wildman–Crippen LogP) is 3.45. The van der Waals surface area contributed by atoms with Crippen molar-refractivity contribution in [2.75, 3.05) is 18.0 Å². The van der Waals surface area contributed by atoms with E-state index in [1.165, 1.54) is 17.0 Å². The lowest BCUT2D eigenvalue weighted by Gasteiger charge is -2.47. The third kappa shape index (κ3) is 3.56. The normalized spacial score (nSPS) is 16.7. The Morgan fingerprint density at radius 2 is 1.91 bits per heavy atom. The van der Waals surface area contributed by atoms with Crippen molar-refractivity contribution < 1.29 is 13.2 Å². The van der Waals surface area contributed by atoms with E-state index in [0.717, 1.165) is 41.9 Å². The van der Waals surface area contributed by atoms with Crippen molar-refractivity contribution in [2.24, 2.45) is 5.92 Å². The molecule has 11 heteroatoms. The predicted molar refractivity (Wildman–Crippen MR) is 119 cm³/mol. The van der Waals surface area contributed by atoms with Gasteiger partial charge < -0.3 is 4.90 Å². The third-order valence-electron chi connectivity index (χ3n) is 6.22. The van der Waals surface area contributed by atoms with E-state index in [2.05, 4.69) is 4.98 Å². The lowest BCUT2D eigenvalue weighted by Crippen LogP contribution is -2.62. The van der Waals surface area contributed by atoms with Gasteiger partial charge in [0, 0.05) is 6.07 Å². The van der Waals surface area contributed by atoms with Crippen LogP contribution in [-0.4, -0.2) is 32.9 Å². The van der Waals surface area contributed by atoms with Gasteiger partial charge in [-0.1, -0.05) is 17.7 Å². The van der Waals surface area contributed by atoms with Crippen LogP contribution in [-0.2, 0) is 6.54 Å². The summed E-state index contributed by atoms with van der Waals surface area (Å²) < 4.78 is 44.7. The largest absolute Gasteiger partial charge is 0.351 e. The van der Waals surface area contributed by atoms with E-state index < -0.39 is 35.1 Å². The zero-order valence-corrected chi connectivity index (χ0v) is 18.4. The van der Waals surface area contributed by atoms with E-state index in [-0.39, 0.29) is 46.7 Å². The molecule has 174 valence electrons. The van der Waals surface area contributed by atoms with Crippen LogP contribution in [0.4, 0.5) is 19.0 Å². The Labute approximate surface area is 196 Å². The fourth-order valence-electron chi connectivity index (χ4n) is 4.43. The fourth-order valence-corrected chi connectivity index (χ4v) is 4.61. The molecule has 0 spiro atoms. The molecule has 34 heavy (non-hydrogen) atoms. The molecular weight excluding hydrogens is 471 g/mol. The highest BCUT2D eigenvalue weighted by Gasteiger charge is 2.55. The molecule has 0 bridgehead atoms. The van der Waals surface area contributed by atoms with Crippen LogP contribution in [0.1, 0.15) is 12.8 Å². The van der Waals surface area contributed by atoms with Crippen LogP contribution >= 0.6 is 11.6 Å². The van der Waals surface area contributed by atoms with E-state index in [1.807, 2.05) is 6.07 Å². The number of anilines is 1. The molecule has 2 aromatic heterocycles. The fraction of sp³-hybridized carbons (Fsp3) is 0.304. The summed E-state index contributed by atoms with van der Waals surface area (Å²) >= 11 is 5.96. The summed E-state index contributed by atoms with van der Waals surface area (Å²) in [6.45, 7) is -0.580. The number of nitriles is 1. The number of pyridine rings is 1. The van der Waals surface area contributed by atoms with Crippen LogP contribution in [0.25, 0.3) is 16.8 Å². The van der Waals surface area contributed by atoms with Crippen LogP contribution in [0.15, 0.2) is 46.2 Å². The highest BCUT2D eigenvalue weighted by Crippen LogP contribution is 2.49. The van der Waals surface area contributed by atoms with Crippen LogP contribution < -0.4 is 16.1 Å². The zero-order valence-electron chi connectivity index (χ0n) is 17.6. The van der Waals surface area contributed by atoms with Gasteiger partial charge in [0.05, 0.1) is 47.8 Å². The smallest absolute Gasteiger partial charge is 0.338 e. The first-order valence-corrected chi connectivity index (χ1v) is 10.9. The number of alkyl halides is 1. The first kappa shape index (κ1) is 22.2. The Hall–Kier alpha value is -3.58. The highest BCUT2D eigenvalue weighted by molar-refractivity contribution is 6.31. The SMILES string of the molecule is N#CCn1c(N2CC(F)(C3CC3)C2)c(-c2ccc(F)c(Cl)c2)c(=O)n(-c2cncc(F)c2)c1=O. The zero-order chi connectivity index (χ0) is 24.2. The first-order valence-electron chi connectivity index (χ1n) is 10.5. The van der Waals surface area contributed by atoms with Gasteiger partial charge in [-0.15, -0.1) is 0 Å². The minimum atomic E-state index is -1.45. The highest BCUT2D eigenvalue weighted by atomic mass is 35.5. The average Bonchev–Trinajstić information content (AvgIpc) is 3.62. The molecule has 2 aliphatic rings. The van der Waals surface area contributed by atoms with Crippen LogP contribution in [0, 0.1) is 28.9 Å². The van der Waals surface area contributed by atoms with Crippen molar-refractivity contribution >= 4 is 17.4 Å². The molecule has 0 N–H and O–H groups in total. The van der Waals surface area contributed by atoms with E-state index >= 15 is 4.39 Å². The quantitative estimate of drug-likeness (QED) is 0.550. The van der Waals surface area contributed by atoms with Gasteiger partial charge >= 0.3 is 5.69 Å². The summed E-state index contributed by atoms with van der Waals surface area (Å²) in [6.07, 6.45) is 3.58. The number of hydrogen-bond donors (Lipinski definition) is 0. The number of aromatic nitrogens is 3. The summed E-state index contributed by atoms with van der Waals surface area (Å²) in [5, 5.41) is 9.16. The van der Waals surface area contributed by atoms with E-state index in [9.17, 15) is 23.6 Å². The van der Waals surface area contributed by atoms with E-state index in [1.54, 1.807) is 0 Å². The molecule has 0 radical (unpaired) electrons. The molecule has 5 rings (SSSR count). The lowest BCUT2D eigenvalue weighted by molar-refractivity contribution is 0.0918. The summed E-state index contributed by atoms with van der Waals surface area (Å²) in [5.41, 5.74) is -3.28. The second kappa shape index (κ2) is 8.02. The third-order valence-corrected chi connectivity index (χ3v) is 6.51. The molecule has 1 aliphatic heterocycles. The molecule has 3 aromatic rings. The van der Waals surface area contributed by atoms with Crippen LogP contribution in [0.3, 0.4) is 0 Å². The van der Waals surface area contributed by atoms with Crippen molar-refractivity contribution in [3.05, 3.63) is 74.2 Å². The molecule has 0 atom stereocenters. The Bertz CT molecular complexity index is 1470. The number of hydrogen-bond acceptors (Lipinski definition) is 5. The van der Waals surface area contributed by atoms with E-state index in [0.29, 0.717) is 4.57 Å². The lowest BCUT2D eigenvalue weighted by atomic mass is 9.90. The summed E-state index contributed by atoms with van der Waals surface area (Å²) in [7, 11) is 0. The van der Waals surface area contributed by atoms with Gasteiger partial charge in [0.15, 0.2) is 0 Å². The number of rotatable bonds is 5. The summed E-state index contributed by atoms with van der Waals surface area (Å²) in [4.78, 5) is 32.3. The molecule has 1 saturated heterocycles. The minimum Gasteiger partial charge on any atom is -0.351 e. The van der Waals surface area contributed by atoms with Crippen molar-refractivity contribution in [1.82, 2.24) is 14.1 Å². The van der Waals surface area contributed by atoms with Gasteiger partial charge in [0.1, 0.15) is 29.7 Å². The van der Waals surface area contributed by atoms with Gasteiger partial charge in [-0.2, -0.15) is 5.26 Å². The molecule has 7 nitrogen and oxygen atoms in total. The first-order chi connectivity index (χ1) is 16.2. The molecule has 1 saturated carbocycles. The van der Waals surface area contributed by atoms with Crippen molar-refractivity contribution in [3.8, 4) is 22.9 Å². The molecular formula is C23H17ClF3N5O2. The summed E-state index contributed by atoms with van der Waals surface area (Å²) in [6, 6.07) is 6.43. The van der Waals surface area contributed by atoms with Gasteiger partial charge in [-0.05, 0) is 36.5 Å². The van der Waals surface area contributed by atoms with Crippen LogP contribution in [0.2, 0.25) is 5.02 Å². The van der Waals surface area contributed by atoms with Gasteiger partial charge in [0.25, 0.3) is 5.56 Å². The molecule has 2 fully saturated rings. The van der Waals surface area contributed by atoms with E-state index in [4.69, 9.17) is 11.6 Å². The summed E-state index contributed by atoms with van der Waals surface area (Å²) in [5.74, 6) is -1.54. The second-order valence-electron chi connectivity index (χ2n) is 8.52. The molecule has 3 heterocycles. The Balaban J connectivity index is 1.80. The number of nitrogens with zero attached hydrogens (tertiary/aromatic N) is 5. The number of benzene rings is 1. The number of halogens is 4. The average molecular weight is 488 g/mol.